The van der Waals surface area contributed by atoms with Crippen molar-refractivity contribution >= 4 is 11.8 Å². The van der Waals surface area contributed by atoms with Gasteiger partial charge in [-0.3, -0.25) is 9.59 Å². The van der Waals surface area contributed by atoms with Crippen LogP contribution in [0.5, 0.6) is 0 Å². The largest absolute Gasteiger partial charge is 0.468 e. The van der Waals surface area contributed by atoms with E-state index in [2.05, 4.69) is 10.1 Å². The number of aliphatic hydroxyl groups excluding tert-OH is 1. The molecule has 0 spiro atoms. The number of methoxy groups -OCH3 is 1. The Morgan fingerprint density at radius 3 is 2.69 bits per heavy atom. The standard InChI is InChI=1S/C20H26N2O7/c1-26-17(24)12-21-11-15(22-7-9-27-10-8-22)18(25)19-16(23)13-28-20(29-19)14-5-3-2-4-6-14/h2-6,11,16,19-21,23H,7-10,12-13H2,1H3/b15-11-/t16-,19-,20-/m1/s1. The Balaban J connectivity index is 1.77. The maximum absolute atomic E-state index is 13.3. The Morgan fingerprint density at radius 2 is 2.00 bits per heavy atom. The summed E-state index contributed by atoms with van der Waals surface area (Å²) >= 11 is 0. The van der Waals surface area contributed by atoms with Crippen LogP contribution in [0.15, 0.2) is 42.2 Å². The number of morpholine rings is 1. The van der Waals surface area contributed by atoms with E-state index in [1.807, 2.05) is 35.2 Å². The van der Waals surface area contributed by atoms with Crippen LogP contribution in [0.1, 0.15) is 11.9 Å². The lowest BCUT2D eigenvalue weighted by atomic mass is 10.0. The van der Waals surface area contributed by atoms with E-state index in [4.69, 9.17) is 14.2 Å². The quantitative estimate of drug-likeness (QED) is 0.477. The van der Waals surface area contributed by atoms with Crippen molar-refractivity contribution in [3.05, 3.63) is 47.8 Å². The summed E-state index contributed by atoms with van der Waals surface area (Å²) in [7, 11) is 1.29. The molecule has 2 fully saturated rings. The summed E-state index contributed by atoms with van der Waals surface area (Å²) < 4.78 is 21.3. The fourth-order valence-corrected chi connectivity index (χ4v) is 3.13. The zero-order valence-corrected chi connectivity index (χ0v) is 16.3. The monoisotopic (exact) mass is 406 g/mol. The zero-order chi connectivity index (χ0) is 20.6. The summed E-state index contributed by atoms with van der Waals surface area (Å²) in [6, 6.07) is 9.23. The number of hydrogen-bond acceptors (Lipinski definition) is 9. The number of hydrogen-bond donors (Lipinski definition) is 2. The first-order valence-corrected chi connectivity index (χ1v) is 9.47. The van der Waals surface area contributed by atoms with E-state index in [9.17, 15) is 14.7 Å². The van der Waals surface area contributed by atoms with Gasteiger partial charge in [-0.15, -0.1) is 0 Å². The first kappa shape index (κ1) is 21.3. The third-order valence-corrected chi connectivity index (χ3v) is 4.69. The van der Waals surface area contributed by atoms with Crippen molar-refractivity contribution in [1.29, 1.82) is 0 Å². The van der Waals surface area contributed by atoms with Gasteiger partial charge >= 0.3 is 5.97 Å². The van der Waals surface area contributed by atoms with Crippen molar-refractivity contribution in [2.45, 2.75) is 18.5 Å². The van der Waals surface area contributed by atoms with E-state index < -0.39 is 24.5 Å². The summed E-state index contributed by atoms with van der Waals surface area (Å²) in [5.41, 5.74) is 1.08. The molecule has 2 aliphatic heterocycles. The summed E-state index contributed by atoms with van der Waals surface area (Å²) in [5.74, 6) is -0.845. The SMILES string of the molecule is COC(=O)CN/C=C(/C(=O)[C@@H]1O[C@H](c2ccccc2)OC[C@H]1O)N1CCOCC1. The minimum atomic E-state index is -1.10. The van der Waals surface area contributed by atoms with Crippen LogP contribution in [0.2, 0.25) is 0 Å². The number of ketones is 1. The third kappa shape index (κ3) is 5.54. The number of aliphatic hydroxyl groups is 1. The number of Topliss-reactive ketones (excluding diaryl/α,β-unsaturated/α-hetero) is 1. The van der Waals surface area contributed by atoms with Gasteiger partial charge in [0.1, 0.15) is 12.6 Å². The van der Waals surface area contributed by atoms with Gasteiger partial charge in [0.2, 0.25) is 5.78 Å². The van der Waals surface area contributed by atoms with Crippen LogP contribution in [0, 0.1) is 0 Å². The lowest BCUT2D eigenvalue weighted by Gasteiger charge is -2.36. The molecule has 3 atom stereocenters. The molecular weight excluding hydrogens is 380 g/mol. The Labute approximate surface area is 169 Å². The Kier molecular flexibility index (Phi) is 7.59. The molecule has 9 nitrogen and oxygen atoms in total. The van der Waals surface area contributed by atoms with Gasteiger partial charge in [-0.2, -0.15) is 0 Å². The molecule has 0 aliphatic carbocycles. The maximum Gasteiger partial charge on any atom is 0.325 e. The van der Waals surface area contributed by atoms with Crippen molar-refractivity contribution in [1.82, 2.24) is 10.2 Å². The van der Waals surface area contributed by atoms with Crippen LogP contribution in [-0.4, -0.2) is 80.5 Å². The topological polar surface area (TPSA) is 107 Å². The van der Waals surface area contributed by atoms with Crippen molar-refractivity contribution in [2.75, 3.05) is 46.6 Å². The highest BCUT2D eigenvalue weighted by Gasteiger charge is 2.39. The van der Waals surface area contributed by atoms with E-state index in [-0.39, 0.29) is 18.9 Å². The number of esters is 1. The van der Waals surface area contributed by atoms with E-state index in [0.717, 1.165) is 5.56 Å². The Morgan fingerprint density at radius 1 is 1.28 bits per heavy atom. The molecule has 0 aromatic heterocycles. The summed E-state index contributed by atoms with van der Waals surface area (Å²) in [6.07, 6.45) is -1.48. The van der Waals surface area contributed by atoms with Crippen LogP contribution >= 0.6 is 0 Å². The van der Waals surface area contributed by atoms with E-state index in [0.29, 0.717) is 32.0 Å². The van der Waals surface area contributed by atoms with Crippen molar-refractivity contribution in [2.24, 2.45) is 0 Å². The molecule has 2 saturated heterocycles. The number of carbonyl (C=O) groups excluding carboxylic acids is 2. The first-order chi connectivity index (χ1) is 14.1. The van der Waals surface area contributed by atoms with E-state index in [1.165, 1.54) is 13.3 Å². The molecule has 0 unspecified atom stereocenters. The van der Waals surface area contributed by atoms with Crippen LogP contribution in [0.25, 0.3) is 0 Å². The second-order valence-electron chi connectivity index (χ2n) is 6.65. The highest BCUT2D eigenvalue weighted by molar-refractivity contribution is 5.98. The van der Waals surface area contributed by atoms with Crippen LogP contribution in [0.3, 0.4) is 0 Å². The number of rotatable bonds is 7. The lowest BCUT2D eigenvalue weighted by molar-refractivity contribution is -0.250. The van der Waals surface area contributed by atoms with Crippen molar-refractivity contribution in [3.63, 3.8) is 0 Å². The van der Waals surface area contributed by atoms with Crippen molar-refractivity contribution in [3.8, 4) is 0 Å². The highest BCUT2D eigenvalue weighted by atomic mass is 16.7. The summed E-state index contributed by atoms with van der Waals surface area (Å²) in [5, 5.41) is 13.2. The van der Waals surface area contributed by atoms with Gasteiger partial charge in [0.15, 0.2) is 12.4 Å². The van der Waals surface area contributed by atoms with E-state index in [1.54, 1.807) is 0 Å². The second-order valence-corrected chi connectivity index (χ2v) is 6.65. The molecule has 2 heterocycles. The minimum absolute atomic E-state index is 0.0258. The maximum atomic E-state index is 13.3. The molecule has 1 aromatic rings. The van der Waals surface area contributed by atoms with Gasteiger partial charge < -0.3 is 34.3 Å². The van der Waals surface area contributed by atoms with Gasteiger partial charge in [0.25, 0.3) is 0 Å². The summed E-state index contributed by atoms with van der Waals surface area (Å²) in [6.45, 7) is 1.87. The molecular formula is C20H26N2O7. The molecule has 158 valence electrons. The van der Waals surface area contributed by atoms with Gasteiger partial charge in [0, 0.05) is 24.9 Å². The Bertz CT molecular complexity index is 719. The molecule has 0 bridgehead atoms. The molecule has 1 aromatic carbocycles. The van der Waals surface area contributed by atoms with Crippen LogP contribution in [0.4, 0.5) is 0 Å². The van der Waals surface area contributed by atoms with Crippen LogP contribution in [-0.2, 0) is 28.5 Å². The fraction of sp³-hybridized carbons (Fsp3) is 0.500. The molecule has 0 saturated carbocycles. The second kappa shape index (κ2) is 10.4. The average Bonchev–Trinajstić information content (AvgIpc) is 2.77. The predicted molar refractivity (Wildman–Crippen MR) is 102 cm³/mol. The predicted octanol–water partition coefficient (Wildman–Crippen LogP) is -0.0332. The fourth-order valence-electron chi connectivity index (χ4n) is 3.13. The van der Waals surface area contributed by atoms with E-state index >= 15 is 0 Å². The van der Waals surface area contributed by atoms with Crippen molar-refractivity contribution < 1.29 is 33.6 Å². The molecule has 3 rings (SSSR count). The van der Waals surface area contributed by atoms with Gasteiger partial charge in [-0.1, -0.05) is 30.3 Å². The molecule has 2 aliphatic rings. The zero-order valence-electron chi connectivity index (χ0n) is 16.3. The highest BCUT2D eigenvalue weighted by Crippen LogP contribution is 2.28. The minimum Gasteiger partial charge on any atom is -0.468 e. The van der Waals surface area contributed by atoms with Gasteiger partial charge in [0.05, 0.1) is 32.6 Å². The third-order valence-electron chi connectivity index (χ3n) is 4.69. The lowest BCUT2D eigenvalue weighted by Crippen LogP contribution is -2.49. The molecule has 0 radical (unpaired) electrons. The first-order valence-electron chi connectivity index (χ1n) is 9.47. The number of nitrogens with one attached hydrogen (secondary N) is 1. The van der Waals surface area contributed by atoms with Gasteiger partial charge in [-0.25, -0.2) is 0 Å². The molecule has 29 heavy (non-hydrogen) atoms. The number of ether oxygens (including phenoxy) is 4. The molecule has 9 heteroatoms. The van der Waals surface area contributed by atoms with Gasteiger partial charge in [-0.05, 0) is 0 Å². The van der Waals surface area contributed by atoms with Crippen LogP contribution < -0.4 is 5.32 Å². The average molecular weight is 406 g/mol. The summed E-state index contributed by atoms with van der Waals surface area (Å²) in [4.78, 5) is 26.5. The number of benzene rings is 1. The molecule has 2 N–H and O–H groups in total. The number of nitrogens with zero attached hydrogens (tertiary/aromatic N) is 1. The number of carbonyl (C=O) groups is 2. The smallest absolute Gasteiger partial charge is 0.325 e. The normalized spacial score (nSPS) is 25.4. The molecule has 0 amide bonds. The Hall–Kier alpha value is -2.46.